The molecule has 4 N–H and O–H groups in total. The van der Waals surface area contributed by atoms with Gasteiger partial charge in [-0.15, -0.1) is 0 Å². The molecule has 0 aliphatic rings. The molecule has 0 aliphatic heterocycles. The van der Waals surface area contributed by atoms with Gasteiger partial charge in [-0.25, -0.2) is 4.79 Å². The molecule has 0 fully saturated rings. The zero-order chi connectivity index (χ0) is 13.9. The Morgan fingerprint density at radius 3 is 1.65 bits per heavy atom. The standard InChI is InChI=1S/2C4H9.CH3NO2.HO3S.Sb/c2*1-3-4-2;2-1(3)4;1-4(2)3;/h2*1,3-4H2,2H3;2H2,(H,3,4);(H,1,2,3);. The van der Waals surface area contributed by atoms with Gasteiger partial charge in [0, 0.05) is 0 Å². The zero-order valence-electron chi connectivity index (χ0n) is 10.3. The quantitative estimate of drug-likeness (QED) is 0.463. The number of carbonyl (C=O) groups is 1. The van der Waals surface area contributed by atoms with Gasteiger partial charge in [0.15, 0.2) is 0 Å². The predicted molar refractivity (Wildman–Crippen MR) is 68.9 cm³/mol. The molecule has 0 saturated carbocycles. The van der Waals surface area contributed by atoms with Gasteiger partial charge in [0.25, 0.3) is 0 Å². The van der Waals surface area contributed by atoms with Gasteiger partial charge in [0.2, 0.25) is 0 Å². The molecule has 0 spiro atoms. The fourth-order valence-electron chi connectivity index (χ4n) is 1.01. The minimum absolute atomic E-state index is 0.776. The van der Waals surface area contributed by atoms with Crippen molar-refractivity contribution < 1.29 is 22.9 Å². The van der Waals surface area contributed by atoms with Gasteiger partial charge in [0.05, 0.1) is 0 Å². The van der Waals surface area contributed by atoms with E-state index in [0.717, 1.165) is 34.4 Å². The Kier molecular flexibility index (Phi) is 12.6. The molecule has 0 aromatic heterocycles. The van der Waals surface area contributed by atoms with Crippen LogP contribution in [-0.2, 0) is 7.21 Å². The smallest absolute Gasteiger partial charge is 0.402 e. The molecule has 1 amide bonds. The number of hydrogen-bond donors (Lipinski definition) is 3. The molecule has 0 saturated heterocycles. The van der Waals surface area contributed by atoms with Crippen LogP contribution in [0.15, 0.2) is 0 Å². The average molecular weight is 378 g/mol. The van der Waals surface area contributed by atoms with Crippen LogP contribution in [0.2, 0.25) is 8.73 Å². The summed E-state index contributed by atoms with van der Waals surface area (Å²) in [6, 6.07) is 0. The van der Waals surface area contributed by atoms with Crippen LogP contribution >= 0.6 is 0 Å². The number of nitrogens with two attached hydrogens (primary N) is 1. The summed E-state index contributed by atoms with van der Waals surface area (Å²) in [4.78, 5) is 8.78. The molecule has 0 aromatic rings. The first-order valence-corrected chi connectivity index (χ1v) is 13.6. The topological polar surface area (TPSA) is 118 Å². The van der Waals surface area contributed by atoms with Crippen molar-refractivity contribution in [3.05, 3.63) is 0 Å². The van der Waals surface area contributed by atoms with E-state index in [9.17, 15) is 8.42 Å². The number of rotatable bonds is 7. The maximum atomic E-state index is 11.0. The van der Waals surface area contributed by atoms with Crippen LogP contribution in [0.1, 0.15) is 39.5 Å². The third-order valence-corrected chi connectivity index (χ3v) is 15.2. The fraction of sp³-hybridized carbons (Fsp3) is 0.889. The fourth-order valence-corrected chi connectivity index (χ4v) is 11.6. The van der Waals surface area contributed by atoms with Crippen LogP contribution in [0.4, 0.5) is 4.79 Å². The summed E-state index contributed by atoms with van der Waals surface area (Å²) >= 11 is -2.38. The largest absolute Gasteiger partial charge is 0.465 e. The summed E-state index contributed by atoms with van der Waals surface area (Å²) in [6.07, 6.45) is 2.60. The normalized spacial score (nSPS) is 10.8. The maximum Gasteiger partial charge on any atom is 0.402 e. The molecule has 0 aromatic carbocycles. The van der Waals surface area contributed by atoms with E-state index in [-0.39, 0.29) is 0 Å². The van der Waals surface area contributed by atoms with Crippen molar-refractivity contribution in [3.63, 3.8) is 0 Å². The van der Waals surface area contributed by atoms with E-state index in [1.165, 1.54) is 0 Å². The Hall–Kier alpha value is -0.00182. The van der Waals surface area contributed by atoms with E-state index >= 15 is 0 Å². The first kappa shape index (κ1) is 19.3. The molecule has 0 rings (SSSR count). The van der Waals surface area contributed by atoms with Gasteiger partial charge in [-0.3, -0.25) is 0 Å². The summed E-state index contributed by atoms with van der Waals surface area (Å²) in [5.41, 5.74) is 4.03. The minimum Gasteiger partial charge on any atom is -0.465 e. The number of unbranched alkanes of at least 4 members (excludes halogenated alkanes) is 2. The second kappa shape index (κ2) is 11.1. The van der Waals surface area contributed by atoms with Crippen molar-refractivity contribution >= 4 is 32.1 Å². The molecule has 8 heteroatoms. The monoisotopic (exact) mass is 377 g/mol. The van der Waals surface area contributed by atoms with Crippen molar-refractivity contribution in [3.8, 4) is 0 Å². The summed E-state index contributed by atoms with van der Waals surface area (Å²) in [5, 5.41) is 7.19. The van der Waals surface area contributed by atoms with Crippen molar-refractivity contribution in [2.45, 2.75) is 48.3 Å². The summed E-state index contributed by atoms with van der Waals surface area (Å²) in [5.74, 6) is 0. The molecule has 104 valence electrons. The van der Waals surface area contributed by atoms with E-state index in [0.29, 0.717) is 0 Å². The summed E-state index contributed by atoms with van der Waals surface area (Å²) in [6.45, 7) is 4.09. The van der Waals surface area contributed by atoms with Crippen LogP contribution in [0.5, 0.6) is 0 Å². The molecular formula is C9H22NO5SSb. The third kappa shape index (κ3) is 16.0. The maximum absolute atomic E-state index is 11.0. The summed E-state index contributed by atoms with van der Waals surface area (Å²) < 4.78 is 32.5. The van der Waals surface area contributed by atoms with Gasteiger partial charge in [-0.1, -0.05) is 0 Å². The average Bonchev–Trinajstić information content (AvgIpc) is 2.15. The van der Waals surface area contributed by atoms with Crippen LogP contribution in [-0.4, -0.2) is 43.0 Å². The minimum atomic E-state index is -3.63. The molecule has 0 heterocycles. The van der Waals surface area contributed by atoms with Crippen LogP contribution in [0, 0.1) is 0 Å². The third-order valence-electron chi connectivity index (χ3n) is 1.85. The number of primary amides is 1. The van der Waals surface area contributed by atoms with Gasteiger partial charge in [-0.2, -0.15) is 0 Å². The van der Waals surface area contributed by atoms with E-state index < -0.39 is 32.1 Å². The second-order valence-corrected chi connectivity index (χ2v) is 17.0. The predicted octanol–water partition coefficient (Wildman–Crippen LogP) is 2.09. The number of amides is 1. The van der Waals surface area contributed by atoms with Crippen molar-refractivity contribution in [1.82, 2.24) is 0 Å². The van der Waals surface area contributed by atoms with Crippen molar-refractivity contribution in [1.29, 1.82) is 0 Å². The molecule has 0 radical (unpaired) electrons. The van der Waals surface area contributed by atoms with Crippen molar-refractivity contribution in [2.24, 2.45) is 5.73 Å². The first-order valence-electron chi connectivity index (χ1n) is 5.46. The Morgan fingerprint density at radius 1 is 1.18 bits per heavy atom. The van der Waals surface area contributed by atoms with Gasteiger partial charge in [0.1, 0.15) is 0 Å². The molecule has 0 aliphatic carbocycles. The molecule has 0 unspecified atom stereocenters. The van der Waals surface area contributed by atoms with E-state index in [1.54, 1.807) is 0 Å². The SMILES string of the molecule is CCC[CH2][Sb]([CH2]CCC)[S](=O)(=O)O.NC(=O)O. The first-order chi connectivity index (χ1) is 7.75. The molecule has 6 nitrogen and oxygen atoms in total. The van der Waals surface area contributed by atoms with Gasteiger partial charge < -0.3 is 10.8 Å². The molecular weight excluding hydrogens is 356 g/mol. The van der Waals surface area contributed by atoms with Gasteiger partial charge >= 0.3 is 93.3 Å². The van der Waals surface area contributed by atoms with Crippen LogP contribution in [0.25, 0.3) is 0 Å². The number of hydrogen-bond acceptors (Lipinski definition) is 3. The Morgan fingerprint density at radius 2 is 1.47 bits per heavy atom. The Bertz CT molecular complexity index is 282. The van der Waals surface area contributed by atoms with Gasteiger partial charge in [-0.05, 0) is 0 Å². The van der Waals surface area contributed by atoms with Crippen molar-refractivity contribution in [2.75, 3.05) is 0 Å². The summed E-state index contributed by atoms with van der Waals surface area (Å²) in [7, 11) is -3.63. The van der Waals surface area contributed by atoms with E-state index in [2.05, 4.69) is 5.73 Å². The van der Waals surface area contributed by atoms with Crippen LogP contribution < -0.4 is 5.73 Å². The second-order valence-electron chi connectivity index (χ2n) is 3.42. The van der Waals surface area contributed by atoms with E-state index in [1.807, 2.05) is 13.8 Å². The van der Waals surface area contributed by atoms with Crippen LogP contribution in [0.3, 0.4) is 0 Å². The number of carboxylic acid groups (broad SMARTS) is 1. The zero-order valence-corrected chi connectivity index (χ0v) is 13.7. The molecule has 0 bridgehead atoms. The molecule has 17 heavy (non-hydrogen) atoms. The Labute approximate surface area is 109 Å². The molecule has 0 atom stereocenters. The van der Waals surface area contributed by atoms with E-state index in [4.69, 9.17) is 14.5 Å². The Balaban J connectivity index is 0.